The second-order valence-corrected chi connectivity index (χ2v) is 6.70. The van der Waals surface area contributed by atoms with Gasteiger partial charge in [0.05, 0.1) is 18.8 Å². The highest BCUT2D eigenvalue weighted by Gasteiger charge is 2.27. The molecule has 6 heteroatoms. The minimum Gasteiger partial charge on any atom is -0.345 e. The highest BCUT2D eigenvalue weighted by atomic mass is 19.1. The number of carbonyl (C=O) groups excluding carboxylic acids is 1. The summed E-state index contributed by atoms with van der Waals surface area (Å²) in [6, 6.07) is 13.1. The van der Waals surface area contributed by atoms with Crippen molar-refractivity contribution < 1.29 is 13.6 Å². The molecular weight excluding hydrogens is 348 g/mol. The molecule has 0 bridgehead atoms. The summed E-state index contributed by atoms with van der Waals surface area (Å²) in [5, 5.41) is 7.25. The van der Waals surface area contributed by atoms with Crippen LogP contribution < -0.4 is 5.32 Å². The Kier molecular flexibility index (Phi) is 4.71. The molecule has 0 unspecified atom stereocenters. The molecule has 1 aromatic heterocycles. The molecule has 3 aromatic rings. The van der Waals surface area contributed by atoms with Crippen molar-refractivity contribution in [3.8, 4) is 0 Å². The molecule has 1 N–H and O–H groups in total. The summed E-state index contributed by atoms with van der Waals surface area (Å²) >= 11 is 0. The molecule has 4 rings (SSSR count). The lowest BCUT2D eigenvalue weighted by Crippen LogP contribution is -2.32. The first-order valence-corrected chi connectivity index (χ1v) is 8.97. The zero-order valence-electron chi connectivity index (χ0n) is 14.7. The Labute approximate surface area is 155 Å². The maximum atomic E-state index is 13.9. The van der Waals surface area contributed by atoms with Gasteiger partial charge in [-0.3, -0.25) is 9.48 Å². The topological polar surface area (TPSA) is 46.9 Å². The first-order valence-electron chi connectivity index (χ1n) is 8.97. The highest BCUT2D eigenvalue weighted by Crippen LogP contribution is 2.30. The van der Waals surface area contributed by atoms with Crippen molar-refractivity contribution in [1.29, 1.82) is 0 Å². The van der Waals surface area contributed by atoms with Gasteiger partial charge in [-0.1, -0.05) is 36.4 Å². The quantitative estimate of drug-likeness (QED) is 0.757. The van der Waals surface area contributed by atoms with Crippen LogP contribution in [-0.4, -0.2) is 15.7 Å². The Balaban J connectivity index is 1.56. The van der Waals surface area contributed by atoms with Crippen LogP contribution in [0.3, 0.4) is 0 Å². The molecule has 1 aliphatic rings. The van der Waals surface area contributed by atoms with Crippen molar-refractivity contribution in [3.63, 3.8) is 0 Å². The third-order valence-electron chi connectivity index (χ3n) is 4.93. The minimum absolute atomic E-state index is 0.301. The molecule has 1 heterocycles. The van der Waals surface area contributed by atoms with Crippen LogP contribution >= 0.6 is 0 Å². The molecule has 0 fully saturated rings. The number of nitrogens with one attached hydrogen (secondary N) is 1. The summed E-state index contributed by atoms with van der Waals surface area (Å²) in [7, 11) is 0. The van der Waals surface area contributed by atoms with Crippen LogP contribution in [0, 0.1) is 11.6 Å². The number of benzene rings is 2. The van der Waals surface area contributed by atoms with E-state index in [0.717, 1.165) is 41.8 Å². The largest absolute Gasteiger partial charge is 0.345 e. The van der Waals surface area contributed by atoms with Crippen LogP contribution in [0.15, 0.2) is 54.7 Å². The molecule has 138 valence electrons. The van der Waals surface area contributed by atoms with E-state index in [-0.39, 0.29) is 6.04 Å². The predicted octanol–water partition coefficient (Wildman–Crippen LogP) is 4.02. The van der Waals surface area contributed by atoms with Gasteiger partial charge < -0.3 is 5.32 Å². The summed E-state index contributed by atoms with van der Waals surface area (Å²) in [6.07, 6.45) is 4.20. The van der Waals surface area contributed by atoms with E-state index in [0.29, 0.717) is 13.0 Å². The molecule has 1 amide bonds. The van der Waals surface area contributed by atoms with Crippen LogP contribution in [0.25, 0.3) is 0 Å². The second-order valence-electron chi connectivity index (χ2n) is 6.70. The van der Waals surface area contributed by atoms with Crippen LogP contribution in [0.5, 0.6) is 0 Å². The fourth-order valence-electron chi connectivity index (χ4n) is 3.61. The van der Waals surface area contributed by atoms with Crippen molar-refractivity contribution >= 4 is 5.91 Å². The van der Waals surface area contributed by atoms with Gasteiger partial charge in [0.25, 0.3) is 5.91 Å². The second kappa shape index (κ2) is 7.31. The lowest BCUT2D eigenvalue weighted by molar-refractivity contribution is 0.0924. The average molecular weight is 367 g/mol. The molecular formula is C21H19F2N3O. The summed E-state index contributed by atoms with van der Waals surface area (Å²) < 4.78 is 29.7. The SMILES string of the molecule is O=C(N[C@H]1CCCc2c1cnn2Cc1ccccc1)c1c(F)cccc1F. The standard InChI is InChI=1S/C21H19F2N3O/c22-16-8-4-9-17(23)20(16)21(27)25-18-10-5-11-19-15(18)12-24-26(19)13-14-6-2-1-3-7-14/h1-4,6-9,12,18H,5,10-11,13H2,(H,25,27)/t18-/m0/s1. The third-order valence-corrected chi connectivity index (χ3v) is 4.93. The molecule has 0 radical (unpaired) electrons. The van der Waals surface area contributed by atoms with Gasteiger partial charge in [-0.25, -0.2) is 8.78 Å². The number of nitrogens with zero attached hydrogens (tertiary/aromatic N) is 2. The monoisotopic (exact) mass is 367 g/mol. The lowest BCUT2D eigenvalue weighted by atomic mass is 9.92. The Bertz CT molecular complexity index is 949. The molecule has 4 nitrogen and oxygen atoms in total. The Hall–Kier alpha value is -3.02. The number of hydrogen-bond donors (Lipinski definition) is 1. The van der Waals surface area contributed by atoms with Crippen LogP contribution in [0.4, 0.5) is 8.78 Å². The van der Waals surface area contributed by atoms with Gasteiger partial charge in [-0.05, 0) is 37.0 Å². The molecule has 1 aliphatic carbocycles. The third kappa shape index (κ3) is 3.47. The van der Waals surface area contributed by atoms with Crippen LogP contribution in [0.2, 0.25) is 0 Å². The number of fused-ring (bicyclic) bond motifs is 1. The zero-order valence-corrected chi connectivity index (χ0v) is 14.7. The Morgan fingerprint density at radius 1 is 1.11 bits per heavy atom. The van der Waals surface area contributed by atoms with Gasteiger partial charge in [0, 0.05) is 11.3 Å². The van der Waals surface area contributed by atoms with Gasteiger partial charge in [0.2, 0.25) is 0 Å². The summed E-state index contributed by atoms with van der Waals surface area (Å²) in [4.78, 5) is 12.4. The van der Waals surface area contributed by atoms with Gasteiger partial charge in [0.15, 0.2) is 0 Å². The van der Waals surface area contributed by atoms with Gasteiger partial charge in [-0.2, -0.15) is 5.10 Å². The normalized spacial score (nSPS) is 16.0. The van der Waals surface area contributed by atoms with Crippen molar-refractivity contribution in [1.82, 2.24) is 15.1 Å². The fourth-order valence-corrected chi connectivity index (χ4v) is 3.61. The number of halogens is 2. The highest BCUT2D eigenvalue weighted by molar-refractivity contribution is 5.95. The number of carbonyl (C=O) groups is 1. The maximum Gasteiger partial charge on any atom is 0.257 e. The number of amides is 1. The van der Waals surface area contributed by atoms with E-state index < -0.39 is 23.1 Å². The fraction of sp³-hybridized carbons (Fsp3) is 0.238. The lowest BCUT2D eigenvalue weighted by Gasteiger charge is -2.24. The number of aromatic nitrogens is 2. The molecule has 0 saturated carbocycles. The molecule has 27 heavy (non-hydrogen) atoms. The molecule has 0 aliphatic heterocycles. The van der Waals surface area contributed by atoms with E-state index in [9.17, 15) is 13.6 Å². The van der Waals surface area contributed by atoms with Crippen LogP contribution in [-0.2, 0) is 13.0 Å². The molecule has 2 aromatic carbocycles. The number of hydrogen-bond acceptors (Lipinski definition) is 2. The van der Waals surface area contributed by atoms with E-state index in [2.05, 4.69) is 10.4 Å². The molecule has 0 saturated heterocycles. The van der Waals surface area contributed by atoms with Crippen molar-refractivity contribution in [2.75, 3.05) is 0 Å². The summed E-state index contributed by atoms with van der Waals surface area (Å²) in [6.45, 7) is 0.652. The van der Waals surface area contributed by atoms with Gasteiger partial charge in [0.1, 0.15) is 17.2 Å². The maximum absolute atomic E-state index is 13.9. The first kappa shape index (κ1) is 17.4. The Morgan fingerprint density at radius 3 is 2.59 bits per heavy atom. The van der Waals surface area contributed by atoms with Gasteiger partial charge >= 0.3 is 0 Å². The summed E-state index contributed by atoms with van der Waals surface area (Å²) in [5.41, 5.74) is 2.58. The van der Waals surface area contributed by atoms with Crippen molar-refractivity contribution in [2.24, 2.45) is 0 Å². The Morgan fingerprint density at radius 2 is 1.85 bits per heavy atom. The first-order chi connectivity index (χ1) is 13.1. The van der Waals surface area contributed by atoms with Crippen molar-refractivity contribution in [2.45, 2.75) is 31.8 Å². The van der Waals surface area contributed by atoms with Crippen LogP contribution in [0.1, 0.15) is 46.1 Å². The number of rotatable bonds is 4. The van der Waals surface area contributed by atoms with E-state index in [1.165, 1.54) is 6.07 Å². The zero-order chi connectivity index (χ0) is 18.8. The smallest absolute Gasteiger partial charge is 0.257 e. The van der Waals surface area contributed by atoms with E-state index in [1.54, 1.807) is 6.20 Å². The minimum atomic E-state index is -0.858. The van der Waals surface area contributed by atoms with E-state index in [1.807, 2.05) is 35.0 Å². The van der Waals surface area contributed by atoms with E-state index in [4.69, 9.17) is 0 Å². The average Bonchev–Trinajstić information content (AvgIpc) is 3.06. The summed E-state index contributed by atoms with van der Waals surface area (Å²) in [5.74, 6) is -2.45. The van der Waals surface area contributed by atoms with E-state index >= 15 is 0 Å². The molecule has 0 spiro atoms. The predicted molar refractivity (Wildman–Crippen MR) is 97.3 cm³/mol. The van der Waals surface area contributed by atoms with Gasteiger partial charge in [-0.15, -0.1) is 0 Å². The molecule has 1 atom stereocenters. The van der Waals surface area contributed by atoms with Crippen molar-refractivity contribution in [3.05, 3.63) is 88.7 Å².